The van der Waals surface area contributed by atoms with Crippen LogP contribution in [0.25, 0.3) is 22.2 Å². The highest BCUT2D eigenvalue weighted by molar-refractivity contribution is 5.94. The number of aromatic nitrogens is 2. The SMILES string of the molecule is O=C(Nc1nc2ccc(-c3c(F)cccc3F)cc2[nH]1)C1CC1. The van der Waals surface area contributed by atoms with E-state index in [9.17, 15) is 13.6 Å². The number of halogens is 2. The molecule has 4 nitrogen and oxygen atoms in total. The highest BCUT2D eigenvalue weighted by atomic mass is 19.1. The number of aromatic amines is 1. The van der Waals surface area contributed by atoms with E-state index < -0.39 is 11.6 Å². The molecule has 1 amide bonds. The summed E-state index contributed by atoms with van der Waals surface area (Å²) in [5.41, 5.74) is 1.57. The van der Waals surface area contributed by atoms with Crippen LogP contribution in [0.1, 0.15) is 12.8 Å². The maximum absolute atomic E-state index is 13.9. The van der Waals surface area contributed by atoms with Crippen molar-refractivity contribution in [2.24, 2.45) is 5.92 Å². The van der Waals surface area contributed by atoms with Gasteiger partial charge in [0.05, 0.1) is 16.6 Å². The molecular weight excluding hydrogens is 300 g/mol. The first kappa shape index (κ1) is 13.9. The van der Waals surface area contributed by atoms with E-state index in [1.165, 1.54) is 18.2 Å². The molecule has 1 fully saturated rings. The fourth-order valence-corrected chi connectivity index (χ4v) is 2.56. The van der Waals surface area contributed by atoms with E-state index in [4.69, 9.17) is 0 Å². The molecule has 0 spiro atoms. The van der Waals surface area contributed by atoms with E-state index >= 15 is 0 Å². The zero-order valence-corrected chi connectivity index (χ0v) is 12.1. The fraction of sp³-hybridized carbons (Fsp3) is 0.176. The lowest BCUT2D eigenvalue weighted by Gasteiger charge is -2.04. The number of rotatable bonds is 3. The van der Waals surface area contributed by atoms with E-state index in [-0.39, 0.29) is 17.4 Å². The number of carbonyl (C=O) groups excluding carboxylic acids is 1. The Balaban J connectivity index is 1.71. The first-order valence-electron chi connectivity index (χ1n) is 7.37. The van der Waals surface area contributed by atoms with Crippen LogP contribution in [0.3, 0.4) is 0 Å². The molecule has 3 aromatic rings. The summed E-state index contributed by atoms with van der Waals surface area (Å²) in [5, 5.41) is 2.72. The van der Waals surface area contributed by atoms with Crippen LogP contribution in [0.5, 0.6) is 0 Å². The van der Waals surface area contributed by atoms with Gasteiger partial charge >= 0.3 is 0 Å². The van der Waals surface area contributed by atoms with Crippen molar-refractivity contribution in [2.45, 2.75) is 12.8 Å². The second-order valence-electron chi connectivity index (χ2n) is 5.68. The monoisotopic (exact) mass is 313 g/mol. The van der Waals surface area contributed by atoms with Crippen LogP contribution in [0, 0.1) is 17.6 Å². The van der Waals surface area contributed by atoms with Gasteiger partial charge in [-0.25, -0.2) is 13.8 Å². The molecule has 0 saturated heterocycles. The Labute approximate surface area is 130 Å². The van der Waals surface area contributed by atoms with Crippen LogP contribution in [0.2, 0.25) is 0 Å². The average molecular weight is 313 g/mol. The van der Waals surface area contributed by atoms with Gasteiger partial charge in [0, 0.05) is 5.92 Å². The Morgan fingerprint density at radius 2 is 1.91 bits per heavy atom. The van der Waals surface area contributed by atoms with Crippen molar-refractivity contribution in [1.82, 2.24) is 9.97 Å². The molecule has 1 heterocycles. The van der Waals surface area contributed by atoms with Gasteiger partial charge < -0.3 is 4.98 Å². The summed E-state index contributed by atoms with van der Waals surface area (Å²) < 4.78 is 27.8. The summed E-state index contributed by atoms with van der Waals surface area (Å²) in [6.45, 7) is 0. The highest BCUT2D eigenvalue weighted by Gasteiger charge is 2.30. The number of carbonyl (C=O) groups is 1. The van der Waals surface area contributed by atoms with Gasteiger partial charge in [-0.15, -0.1) is 0 Å². The fourth-order valence-electron chi connectivity index (χ4n) is 2.56. The maximum atomic E-state index is 13.9. The van der Waals surface area contributed by atoms with Gasteiger partial charge in [-0.3, -0.25) is 10.1 Å². The Hall–Kier alpha value is -2.76. The Kier molecular flexibility index (Phi) is 3.11. The minimum absolute atomic E-state index is 0.0515. The Morgan fingerprint density at radius 1 is 1.17 bits per heavy atom. The average Bonchev–Trinajstić information content (AvgIpc) is 3.28. The zero-order chi connectivity index (χ0) is 16.0. The van der Waals surface area contributed by atoms with Gasteiger partial charge in [-0.1, -0.05) is 12.1 Å². The number of nitrogens with zero attached hydrogens (tertiary/aromatic N) is 1. The van der Waals surface area contributed by atoms with Crippen LogP contribution in [0.4, 0.5) is 14.7 Å². The molecule has 0 aliphatic heterocycles. The predicted molar refractivity (Wildman–Crippen MR) is 82.8 cm³/mol. The van der Waals surface area contributed by atoms with E-state index in [0.29, 0.717) is 22.5 Å². The molecule has 0 unspecified atom stereocenters. The molecule has 0 bridgehead atoms. The molecule has 116 valence electrons. The maximum Gasteiger partial charge on any atom is 0.229 e. The zero-order valence-electron chi connectivity index (χ0n) is 12.1. The second-order valence-corrected chi connectivity index (χ2v) is 5.68. The lowest BCUT2D eigenvalue weighted by molar-refractivity contribution is -0.117. The van der Waals surface area contributed by atoms with Gasteiger partial charge in [0.2, 0.25) is 11.9 Å². The summed E-state index contributed by atoms with van der Waals surface area (Å²) in [4.78, 5) is 19.0. The minimum atomic E-state index is -0.619. The number of hydrogen-bond acceptors (Lipinski definition) is 2. The molecule has 1 aliphatic rings. The summed E-state index contributed by atoms with van der Waals surface area (Å²) in [5.74, 6) is -0.865. The normalized spacial score (nSPS) is 14.2. The third kappa shape index (κ3) is 2.56. The van der Waals surface area contributed by atoms with Crippen LogP contribution in [-0.2, 0) is 4.79 Å². The molecule has 0 radical (unpaired) electrons. The van der Waals surface area contributed by atoms with Crippen molar-refractivity contribution < 1.29 is 13.6 Å². The van der Waals surface area contributed by atoms with E-state index in [2.05, 4.69) is 15.3 Å². The number of imidazole rings is 1. The highest BCUT2D eigenvalue weighted by Crippen LogP contribution is 2.31. The Bertz CT molecular complexity index is 895. The van der Waals surface area contributed by atoms with Gasteiger partial charge in [0.25, 0.3) is 0 Å². The molecule has 23 heavy (non-hydrogen) atoms. The first-order valence-corrected chi connectivity index (χ1v) is 7.37. The third-order valence-corrected chi connectivity index (χ3v) is 3.92. The molecule has 1 saturated carbocycles. The van der Waals surface area contributed by atoms with Crippen LogP contribution < -0.4 is 5.32 Å². The first-order chi connectivity index (χ1) is 11.1. The van der Waals surface area contributed by atoms with Crippen molar-refractivity contribution in [3.8, 4) is 11.1 Å². The predicted octanol–water partition coefficient (Wildman–Crippen LogP) is 3.86. The lowest BCUT2D eigenvalue weighted by atomic mass is 10.0. The van der Waals surface area contributed by atoms with Crippen molar-refractivity contribution >= 4 is 22.9 Å². The van der Waals surface area contributed by atoms with E-state index in [0.717, 1.165) is 12.8 Å². The topological polar surface area (TPSA) is 57.8 Å². The van der Waals surface area contributed by atoms with Gasteiger partial charge in [-0.05, 0) is 42.7 Å². The van der Waals surface area contributed by atoms with Crippen LogP contribution in [-0.4, -0.2) is 15.9 Å². The molecule has 1 aromatic heterocycles. The van der Waals surface area contributed by atoms with E-state index in [1.54, 1.807) is 18.2 Å². The third-order valence-electron chi connectivity index (χ3n) is 3.92. The van der Waals surface area contributed by atoms with Crippen molar-refractivity contribution in [3.63, 3.8) is 0 Å². The Morgan fingerprint density at radius 3 is 2.61 bits per heavy atom. The number of H-pyrrole nitrogens is 1. The quantitative estimate of drug-likeness (QED) is 0.771. The largest absolute Gasteiger partial charge is 0.324 e. The summed E-state index contributed by atoms with van der Waals surface area (Å²) in [7, 11) is 0. The van der Waals surface area contributed by atoms with Crippen LogP contribution in [0.15, 0.2) is 36.4 Å². The summed E-state index contributed by atoms with van der Waals surface area (Å²) >= 11 is 0. The minimum Gasteiger partial charge on any atom is -0.324 e. The molecule has 2 aromatic carbocycles. The summed E-state index contributed by atoms with van der Waals surface area (Å²) in [6, 6.07) is 8.66. The van der Waals surface area contributed by atoms with Crippen molar-refractivity contribution in [3.05, 3.63) is 48.0 Å². The van der Waals surface area contributed by atoms with Crippen molar-refractivity contribution in [1.29, 1.82) is 0 Å². The number of fused-ring (bicyclic) bond motifs is 1. The molecule has 4 rings (SSSR count). The smallest absolute Gasteiger partial charge is 0.229 e. The number of anilines is 1. The molecule has 1 aliphatic carbocycles. The number of hydrogen-bond donors (Lipinski definition) is 2. The van der Waals surface area contributed by atoms with Crippen LogP contribution >= 0.6 is 0 Å². The number of benzene rings is 2. The molecule has 2 N–H and O–H groups in total. The standard InChI is InChI=1S/C17H13F2N3O/c18-11-2-1-3-12(19)15(11)10-6-7-13-14(8-10)21-17(20-13)22-16(23)9-4-5-9/h1-3,6-9H,4-5H2,(H2,20,21,22,23). The number of nitrogens with one attached hydrogen (secondary N) is 2. The van der Waals surface area contributed by atoms with Gasteiger partial charge in [0.15, 0.2) is 0 Å². The van der Waals surface area contributed by atoms with Crippen molar-refractivity contribution in [2.75, 3.05) is 5.32 Å². The molecule has 0 atom stereocenters. The molecule has 6 heteroatoms. The number of amides is 1. The van der Waals surface area contributed by atoms with E-state index in [1.807, 2.05) is 0 Å². The lowest BCUT2D eigenvalue weighted by Crippen LogP contribution is -2.14. The second kappa shape index (κ2) is 5.15. The van der Waals surface area contributed by atoms with Gasteiger partial charge in [0.1, 0.15) is 11.6 Å². The summed E-state index contributed by atoms with van der Waals surface area (Å²) in [6.07, 6.45) is 1.81. The van der Waals surface area contributed by atoms with Gasteiger partial charge in [-0.2, -0.15) is 0 Å². The molecular formula is C17H13F2N3O.